The predicted molar refractivity (Wildman–Crippen MR) is 39.5 cm³/mol. The quantitative estimate of drug-likeness (QED) is 0.523. The van der Waals surface area contributed by atoms with Crippen molar-refractivity contribution in [2.75, 3.05) is 13.2 Å². The molecule has 0 bridgehead atoms. The summed E-state index contributed by atoms with van der Waals surface area (Å²) >= 11 is 0. The summed E-state index contributed by atoms with van der Waals surface area (Å²) in [5, 5.41) is 0. The number of alkyl halides is 3. The molecular formula is C7H14F3NO. The number of halogens is 3. The molecule has 0 aromatic carbocycles. The minimum Gasteiger partial charge on any atom is -0.292 e. The molecule has 0 aliphatic rings. The fourth-order valence-corrected chi connectivity index (χ4v) is 0.478. The van der Waals surface area contributed by atoms with Crippen molar-refractivity contribution in [2.24, 2.45) is 5.92 Å². The van der Waals surface area contributed by atoms with Crippen molar-refractivity contribution >= 4 is 0 Å². The van der Waals surface area contributed by atoms with Crippen LogP contribution in [0.1, 0.15) is 20.3 Å². The molecule has 0 fully saturated rings. The third-order valence-electron chi connectivity index (χ3n) is 1.47. The SMILES string of the molecule is CCC(C)CNOCC(F)(F)F. The van der Waals surface area contributed by atoms with Crippen LogP contribution in [0.25, 0.3) is 0 Å². The van der Waals surface area contributed by atoms with Crippen LogP contribution in [0.4, 0.5) is 13.2 Å². The minimum absolute atomic E-state index is 0.332. The lowest BCUT2D eigenvalue weighted by molar-refractivity contribution is -0.190. The summed E-state index contributed by atoms with van der Waals surface area (Å²) < 4.78 is 34.5. The molecule has 0 amide bonds. The van der Waals surface area contributed by atoms with E-state index in [0.29, 0.717) is 12.5 Å². The van der Waals surface area contributed by atoms with Crippen molar-refractivity contribution in [2.45, 2.75) is 26.4 Å². The Morgan fingerprint density at radius 1 is 1.42 bits per heavy atom. The molecule has 5 heteroatoms. The van der Waals surface area contributed by atoms with Crippen molar-refractivity contribution in [3.63, 3.8) is 0 Å². The van der Waals surface area contributed by atoms with Crippen LogP contribution in [0.3, 0.4) is 0 Å². The first-order chi connectivity index (χ1) is 5.45. The van der Waals surface area contributed by atoms with Gasteiger partial charge in [0.1, 0.15) is 0 Å². The van der Waals surface area contributed by atoms with E-state index >= 15 is 0 Å². The molecule has 1 atom stereocenters. The van der Waals surface area contributed by atoms with Gasteiger partial charge in [0.05, 0.1) is 0 Å². The van der Waals surface area contributed by atoms with Gasteiger partial charge < -0.3 is 0 Å². The van der Waals surface area contributed by atoms with Gasteiger partial charge in [-0.1, -0.05) is 20.3 Å². The first-order valence-corrected chi connectivity index (χ1v) is 3.87. The number of rotatable bonds is 5. The van der Waals surface area contributed by atoms with E-state index in [0.717, 1.165) is 6.42 Å². The predicted octanol–water partition coefficient (Wildman–Crippen LogP) is 2.12. The van der Waals surface area contributed by atoms with Crippen LogP contribution in [-0.4, -0.2) is 19.3 Å². The van der Waals surface area contributed by atoms with Crippen LogP contribution in [-0.2, 0) is 4.84 Å². The van der Waals surface area contributed by atoms with Gasteiger partial charge in [0, 0.05) is 6.54 Å². The van der Waals surface area contributed by atoms with E-state index in [2.05, 4.69) is 10.3 Å². The topological polar surface area (TPSA) is 21.3 Å². The van der Waals surface area contributed by atoms with E-state index in [1.165, 1.54) is 0 Å². The normalized spacial score (nSPS) is 14.8. The number of hydroxylamine groups is 1. The summed E-state index contributed by atoms with van der Waals surface area (Å²) in [6.07, 6.45) is -3.33. The van der Waals surface area contributed by atoms with E-state index in [1.807, 2.05) is 13.8 Å². The second-order valence-corrected chi connectivity index (χ2v) is 2.77. The number of hydrogen-bond donors (Lipinski definition) is 1. The van der Waals surface area contributed by atoms with Crippen LogP contribution in [0, 0.1) is 5.92 Å². The first-order valence-electron chi connectivity index (χ1n) is 3.87. The van der Waals surface area contributed by atoms with Gasteiger partial charge in [-0.15, -0.1) is 0 Å². The van der Waals surface area contributed by atoms with Crippen molar-refractivity contribution in [1.82, 2.24) is 5.48 Å². The Balaban J connectivity index is 3.22. The molecule has 0 spiro atoms. The number of hydrogen-bond acceptors (Lipinski definition) is 2. The van der Waals surface area contributed by atoms with E-state index in [9.17, 15) is 13.2 Å². The Kier molecular flexibility index (Phi) is 5.24. The smallest absolute Gasteiger partial charge is 0.292 e. The average Bonchev–Trinajstić information content (AvgIpc) is 1.96. The van der Waals surface area contributed by atoms with Crippen molar-refractivity contribution < 1.29 is 18.0 Å². The largest absolute Gasteiger partial charge is 0.413 e. The van der Waals surface area contributed by atoms with Crippen molar-refractivity contribution in [3.05, 3.63) is 0 Å². The lowest BCUT2D eigenvalue weighted by Gasteiger charge is -2.11. The Morgan fingerprint density at radius 2 is 2.00 bits per heavy atom. The van der Waals surface area contributed by atoms with Gasteiger partial charge in [0.2, 0.25) is 0 Å². The summed E-state index contributed by atoms with van der Waals surface area (Å²) in [5.41, 5.74) is 2.27. The molecule has 2 nitrogen and oxygen atoms in total. The highest BCUT2D eigenvalue weighted by atomic mass is 19.4. The lowest BCUT2D eigenvalue weighted by Crippen LogP contribution is -2.27. The Morgan fingerprint density at radius 3 is 2.42 bits per heavy atom. The van der Waals surface area contributed by atoms with Gasteiger partial charge in [-0.3, -0.25) is 4.84 Å². The fraction of sp³-hybridized carbons (Fsp3) is 1.00. The standard InChI is InChI=1S/C7H14F3NO/c1-3-6(2)4-11-12-5-7(8,9)10/h6,11H,3-5H2,1-2H3. The van der Waals surface area contributed by atoms with Crippen LogP contribution >= 0.6 is 0 Å². The van der Waals surface area contributed by atoms with Crippen molar-refractivity contribution in [1.29, 1.82) is 0 Å². The summed E-state index contributed by atoms with van der Waals surface area (Å²) in [7, 11) is 0. The molecule has 0 rings (SSSR count). The zero-order chi connectivity index (χ0) is 9.61. The van der Waals surface area contributed by atoms with Crippen LogP contribution in [0.2, 0.25) is 0 Å². The highest BCUT2D eigenvalue weighted by molar-refractivity contribution is 4.49. The summed E-state index contributed by atoms with van der Waals surface area (Å²) in [6, 6.07) is 0. The molecule has 0 aromatic rings. The van der Waals surface area contributed by atoms with Gasteiger partial charge in [0.25, 0.3) is 0 Å². The second kappa shape index (κ2) is 5.37. The maximum Gasteiger partial charge on any atom is 0.413 e. The molecule has 0 saturated carbocycles. The molecular weight excluding hydrogens is 171 g/mol. The lowest BCUT2D eigenvalue weighted by atomic mass is 10.1. The van der Waals surface area contributed by atoms with Gasteiger partial charge in [-0.2, -0.15) is 13.2 Å². The Hall–Kier alpha value is -0.290. The average molecular weight is 185 g/mol. The molecule has 1 N–H and O–H groups in total. The van der Waals surface area contributed by atoms with Gasteiger partial charge >= 0.3 is 6.18 Å². The Labute approximate surface area is 70.0 Å². The summed E-state index contributed by atoms with van der Waals surface area (Å²) in [6.45, 7) is 3.12. The Bertz CT molecular complexity index is 116. The summed E-state index contributed by atoms with van der Waals surface area (Å²) in [4.78, 5) is 4.20. The third-order valence-corrected chi connectivity index (χ3v) is 1.47. The molecule has 74 valence electrons. The zero-order valence-corrected chi connectivity index (χ0v) is 7.24. The van der Waals surface area contributed by atoms with Gasteiger partial charge in [-0.25, -0.2) is 5.48 Å². The van der Waals surface area contributed by atoms with Crippen molar-refractivity contribution in [3.8, 4) is 0 Å². The molecule has 0 aliphatic carbocycles. The highest BCUT2D eigenvalue weighted by Crippen LogP contribution is 2.13. The van der Waals surface area contributed by atoms with E-state index in [4.69, 9.17) is 0 Å². The molecule has 0 aliphatic heterocycles. The third kappa shape index (κ3) is 7.81. The zero-order valence-electron chi connectivity index (χ0n) is 7.24. The molecule has 1 unspecified atom stereocenters. The van der Waals surface area contributed by atoms with E-state index in [1.54, 1.807) is 0 Å². The molecule has 0 saturated heterocycles. The first kappa shape index (κ1) is 11.7. The molecule has 0 heterocycles. The van der Waals surface area contributed by atoms with Gasteiger partial charge in [-0.05, 0) is 5.92 Å². The minimum atomic E-state index is -4.25. The van der Waals surface area contributed by atoms with Crippen LogP contribution in [0.15, 0.2) is 0 Å². The van der Waals surface area contributed by atoms with E-state index in [-0.39, 0.29) is 0 Å². The van der Waals surface area contributed by atoms with Crippen LogP contribution in [0.5, 0.6) is 0 Å². The van der Waals surface area contributed by atoms with Gasteiger partial charge in [0.15, 0.2) is 6.61 Å². The fourth-order valence-electron chi connectivity index (χ4n) is 0.478. The number of nitrogens with one attached hydrogen (secondary N) is 1. The van der Waals surface area contributed by atoms with Crippen LogP contribution < -0.4 is 5.48 Å². The molecule has 0 radical (unpaired) electrons. The summed E-state index contributed by atoms with van der Waals surface area (Å²) in [5.74, 6) is 0.332. The monoisotopic (exact) mass is 185 g/mol. The maximum absolute atomic E-state index is 11.5. The van der Waals surface area contributed by atoms with E-state index < -0.39 is 12.8 Å². The molecule has 12 heavy (non-hydrogen) atoms. The maximum atomic E-state index is 11.5. The highest BCUT2D eigenvalue weighted by Gasteiger charge is 2.27. The second-order valence-electron chi connectivity index (χ2n) is 2.77. The molecule has 0 aromatic heterocycles.